The second-order valence-corrected chi connectivity index (χ2v) is 9.00. The van der Waals surface area contributed by atoms with Gasteiger partial charge in [0.1, 0.15) is 4.91 Å². The normalized spacial score (nSPS) is 12.2. The molecule has 0 aliphatic carbocycles. The van der Waals surface area contributed by atoms with Crippen LogP contribution in [0, 0.1) is 36.0 Å². The summed E-state index contributed by atoms with van der Waals surface area (Å²) in [7, 11) is -4.74. The molecular formula is C22H12ClF5O3S. The van der Waals surface area contributed by atoms with Gasteiger partial charge in [0.05, 0.1) is 10.5 Å². The first-order valence-electron chi connectivity index (χ1n) is 8.80. The van der Waals surface area contributed by atoms with Crippen molar-refractivity contribution in [1.29, 1.82) is 0 Å². The molecular weight excluding hydrogens is 475 g/mol. The number of carbonyl (C=O) groups excluding carboxylic acids is 1. The van der Waals surface area contributed by atoms with Crippen molar-refractivity contribution in [2.45, 2.75) is 11.8 Å². The highest BCUT2D eigenvalue weighted by Crippen LogP contribution is 2.30. The molecule has 0 unspecified atom stereocenters. The first-order valence-corrected chi connectivity index (χ1v) is 10.7. The highest BCUT2D eigenvalue weighted by molar-refractivity contribution is 7.96. The molecule has 0 bridgehead atoms. The van der Waals surface area contributed by atoms with Gasteiger partial charge in [-0.25, -0.2) is 30.4 Å². The molecule has 0 N–H and O–H groups in total. The molecule has 0 aromatic heterocycles. The van der Waals surface area contributed by atoms with Crippen LogP contribution in [-0.4, -0.2) is 14.2 Å². The van der Waals surface area contributed by atoms with Crippen molar-refractivity contribution in [2.24, 2.45) is 0 Å². The quantitative estimate of drug-likeness (QED) is 0.145. The smallest absolute Gasteiger partial charge is 0.210 e. The molecule has 0 amide bonds. The number of halogens is 6. The van der Waals surface area contributed by atoms with Gasteiger partial charge in [0, 0.05) is 10.6 Å². The minimum Gasteiger partial charge on any atom is -0.288 e. The van der Waals surface area contributed by atoms with Crippen molar-refractivity contribution in [3.05, 3.63) is 104 Å². The molecule has 0 aliphatic heterocycles. The summed E-state index contributed by atoms with van der Waals surface area (Å²) < 4.78 is 95.5. The first kappa shape index (κ1) is 23.6. The number of allylic oxidation sites excluding steroid dienone is 1. The summed E-state index contributed by atoms with van der Waals surface area (Å²) in [5.74, 6) is -12.7. The SMILES string of the molecule is Cc1ccc(S(=O)(=O)/C(=C/c2c(F)c(F)c(F)c(F)c2F)C(=O)c2ccc(Cl)cc2)cc1. The van der Waals surface area contributed by atoms with Gasteiger partial charge >= 0.3 is 0 Å². The fourth-order valence-electron chi connectivity index (χ4n) is 2.73. The summed E-state index contributed by atoms with van der Waals surface area (Å²) in [4.78, 5) is 11.4. The molecule has 0 fully saturated rings. The van der Waals surface area contributed by atoms with Crippen LogP contribution in [0.15, 0.2) is 58.3 Å². The van der Waals surface area contributed by atoms with Crippen LogP contribution in [0.3, 0.4) is 0 Å². The topological polar surface area (TPSA) is 51.2 Å². The summed E-state index contributed by atoms with van der Waals surface area (Å²) in [6, 6.07) is 9.96. The Morgan fingerprint density at radius 3 is 1.75 bits per heavy atom. The van der Waals surface area contributed by atoms with Gasteiger partial charge in [-0.15, -0.1) is 0 Å². The van der Waals surface area contributed by atoms with E-state index in [0.717, 1.165) is 24.3 Å². The molecule has 3 aromatic rings. The molecule has 32 heavy (non-hydrogen) atoms. The standard InChI is InChI=1S/C22H12ClF5O3S/c1-11-2-8-14(9-3-11)32(30,31)16(22(29)12-4-6-13(23)7-5-12)10-15-17(24)19(26)21(28)20(27)18(15)25/h2-10H,1H3/b16-10+. The van der Waals surface area contributed by atoms with E-state index in [9.17, 15) is 35.2 Å². The highest BCUT2D eigenvalue weighted by Gasteiger charge is 2.31. The Hall–Kier alpha value is -3.04. The maximum absolute atomic E-state index is 14.2. The number of carbonyl (C=O) groups is 1. The van der Waals surface area contributed by atoms with Crippen molar-refractivity contribution in [1.82, 2.24) is 0 Å². The zero-order chi connectivity index (χ0) is 23.8. The van der Waals surface area contributed by atoms with Crippen LogP contribution in [0.25, 0.3) is 6.08 Å². The lowest BCUT2D eigenvalue weighted by Gasteiger charge is -2.11. The van der Waals surface area contributed by atoms with Crippen LogP contribution >= 0.6 is 11.6 Å². The second-order valence-electron chi connectivity index (χ2n) is 6.64. The zero-order valence-corrected chi connectivity index (χ0v) is 17.7. The maximum Gasteiger partial charge on any atom is 0.210 e. The van der Waals surface area contributed by atoms with Crippen molar-refractivity contribution in [2.75, 3.05) is 0 Å². The Balaban J connectivity index is 2.32. The predicted octanol–water partition coefficient (Wildman–Crippen LogP) is 6.04. The summed E-state index contributed by atoms with van der Waals surface area (Å²) in [6.45, 7) is 1.67. The molecule has 0 spiro atoms. The van der Waals surface area contributed by atoms with Crippen molar-refractivity contribution >= 4 is 33.3 Å². The highest BCUT2D eigenvalue weighted by atomic mass is 35.5. The Bertz CT molecular complexity index is 1320. The van der Waals surface area contributed by atoms with Gasteiger partial charge in [-0.3, -0.25) is 4.79 Å². The third-order valence-corrected chi connectivity index (χ3v) is 6.50. The van der Waals surface area contributed by atoms with E-state index in [1.54, 1.807) is 6.92 Å². The van der Waals surface area contributed by atoms with Crippen LogP contribution in [0.1, 0.15) is 21.5 Å². The molecule has 3 nitrogen and oxygen atoms in total. The van der Waals surface area contributed by atoms with Crippen LogP contribution in [0.4, 0.5) is 22.0 Å². The number of Topliss-reactive ketones (excluding diaryl/α,β-unsaturated/α-hetero) is 1. The van der Waals surface area contributed by atoms with Crippen LogP contribution in [0.2, 0.25) is 5.02 Å². The van der Waals surface area contributed by atoms with E-state index in [-0.39, 0.29) is 16.7 Å². The number of aryl methyl sites for hydroxylation is 1. The number of ketones is 1. The van der Waals surface area contributed by atoms with Crippen LogP contribution in [-0.2, 0) is 9.84 Å². The average molecular weight is 487 g/mol. The van der Waals surface area contributed by atoms with Gasteiger partial charge in [-0.05, 0) is 49.4 Å². The molecule has 0 aliphatic rings. The maximum atomic E-state index is 14.2. The lowest BCUT2D eigenvalue weighted by Crippen LogP contribution is -2.15. The third-order valence-electron chi connectivity index (χ3n) is 4.47. The average Bonchev–Trinajstić information content (AvgIpc) is 2.76. The van der Waals surface area contributed by atoms with E-state index in [1.165, 1.54) is 24.3 Å². The van der Waals surface area contributed by atoms with Gasteiger partial charge in [0.15, 0.2) is 23.3 Å². The lowest BCUT2D eigenvalue weighted by molar-refractivity contribution is 0.104. The number of benzene rings is 3. The van der Waals surface area contributed by atoms with Crippen molar-refractivity contribution in [3.63, 3.8) is 0 Å². The first-order chi connectivity index (χ1) is 14.9. The largest absolute Gasteiger partial charge is 0.288 e. The van der Waals surface area contributed by atoms with Gasteiger partial charge in [-0.1, -0.05) is 29.3 Å². The summed E-state index contributed by atoms with van der Waals surface area (Å²) in [5, 5.41) is 0.216. The molecule has 0 saturated carbocycles. The summed E-state index contributed by atoms with van der Waals surface area (Å²) in [5.41, 5.74) is -1.12. The number of hydrogen-bond donors (Lipinski definition) is 0. The minimum absolute atomic E-state index is 0.141. The van der Waals surface area contributed by atoms with Crippen molar-refractivity contribution < 1.29 is 35.2 Å². The van der Waals surface area contributed by atoms with Gasteiger partial charge in [0.2, 0.25) is 21.4 Å². The Kier molecular flexibility index (Phi) is 6.52. The fourth-order valence-corrected chi connectivity index (χ4v) is 4.24. The molecule has 166 valence electrons. The third kappa shape index (κ3) is 4.31. The Labute approximate surface area is 184 Å². The van der Waals surface area contributed by atoms with E-state index < -0.39 is 60.1 Å². The number of rotatable bonds is 5. The lowest BCUT2D eigenvalue weighted by atomic mass is 10.1. The fraction of sp³-hybridized carbons (Fsp3) is 0.0455. The van der Waals surface area contributed by atoms with Crippen LogP contribution < -0.4 is 0 Å². The van der Waals surface area contributed by atoms with E-state index in [0.29, 0.717) is 5.56 Å². The summed E-state index contributed by atoms with van der Waals surface area (Å²) in [6.07, 6.45) is 0.141. The van der Waals surface area contributed by atoms with Gasteiger partial charge in [-0.2, -0.15) is 0 Å². The zero-order valence-electron chi connectivity index (χ0n) is 16.1. The second kappa shape index (κ2) is 8.84. The molecule has 0 saturated heterocycles. The molecule has 3 aromatic carbocycles. The number of hydrogen-bond acceptors (Lipinski definition) is 3. The molecule has 10 heteroatoms. The van der Waals surface area contributed by atoms with Gasteiger partial charge in [0.25, 0.3) is 0 Å². The molecule has 0 atom stereocenters. The van der Waals surface area contributed by atoms with Gasteiger partial charge < -0.3 is 0 Å². The van der Waals surface area contributed by atoms with E-state index in [1.807, 2.05) is 0 Å². The molecule has 0 heterocycles. The van der Waals surface area contributed by atoms with E-state index in [2.05, 4.69) is 0 Å². The Morgan fingerprint density at radius 2 is 1.25 bits per heavy atom. The summed E-state index contributed by atoms with van der Waals surface area (Å²) >= 11 is 5.76. The monoisotopic (exact) mass is 486 g/mol. The van der Waals surface area contributed by atoms with E-state index in [4.69, 9.17) is 11.6 Å². The Morgan fingerprint density at radius 1 is 0.781 bits per heavy atom. The predicted molar refractivity (Wildman–Crippen MR) is 108 cm³/mol. The molecule has 0 radical (unpaired) electrons. The van der Waals surface area contributed by atoms with Crippen molar-refractivity contribution in [3.8, 4) is 0 Å². The van der Waals surface area contributed by atoms with E-state index >= 15 is 0 Å². The minimum atomic E-state index is -4.74. The van der Waals surface area contributed by atoms with Crippen LogP contribution in [0.5, 0.6) is 0 Å². The number of sulfone groups is 1. The molecule has 3 rings (SSSR count).